The summed E-state index contributed by atoms with van der Waals surface area (Å²) in [7, 11) is 0. The van der Waals surface area contributed by atoms with E-state index in [4.69, 9.17) is 4.42 Å². The number of amides is 2. The fraction of sp³-hybridized carbons (Fsp3) is 0.542. The molecule has 1 aromatic heterocycles. The molecule has 1 heterocycles. The van der Waals surface area contributed by atoms with E-state index in [1.54, 1.807) is 4.90 Å². The Hall–Kier alpha value is -2.70. The van der Waals surface area contributed by atoms with Crippen molar-refractivity contribution in [1.82, 2.24) is 15.2 Å². The second kappa shape index (κ2) is 10.1. The van der Waals surface area contributed by atoms with Crippen LogP contribution in [-0.4, -0.2) is 33.8 Å². The fourth-order valence-corrected chi connectivity index (χ4v) is 4.66. The molecule has 1 aromatic carbocycles. The van der Waals surface area contributed by atoms with E-state index in [0.29, 0.717) is 11.5 Å². The topological polar surface area (TPSA) is 75.4 Å². The Kier molecular flexibility index (Phi) is 6.99. The molecule has 2 aromatic rings. The predicted octanol–water partition coefficient (Wildman–Crippen LogP) is 4.85. The number of aromatic nitrogens is 1. The minimum atomic E-state index is -0.373. The van der Waals surface area contributed by atoms with Crippen LogP contribution in [0.3, 0.4) is 0 Å². The molecular formula is C24H30FN3O3. The molecule has 0 saturated heterocycles. The van der Waals surface area contributed by atoms with Gasteiger partial charge in [0.1, 0.15) is 12.1 Å². The summed E-state index contributed by atoms with van der Waals surface area (Å²) in [6.45, 7) is 0.192. The molecule has 2 amide bonds. The molecule has 2 aliphatic carbocycles. The Balaban J connectivity index is 1.47. The van der Waals surface area contributed by atoms with Crippen LogP contribution in [0.4, 0.5) is 4.39 Å². The van der Waals surface area contributed by atoms with Gasteiger partial charge in [-0.15, -0.1) is 0 Å². The van der Waals surface area contributed by atoms with E-state index >= 15 is 0 Å². The standard InChI is InChI=1S/C24H30FN3O3/c25-18-13-11-17(12-14-18)24(30)28(20-9-5-2-6-10-20)15-22-27-21(16-31-22)23(29)26-19-7-3-1-4-8-19/h11-14,16,19-20H,1-10,15H2,(H,26,29). The SMILES string of the molecule is O=C(NC1CCCCC1)c1coc(CN(C(=O)c2ccc(F)cc2)C2CCCCC2)n1. The molecule has 7 heteroatoms. The molecule has 1 N–H and O–H groups in total. The highest BCUT2D eigenvalue weighted by atomic mass is 19.1. The second-order valence-corrected chi connectivity index (χ2v) is 8.67. The Morgan fingerprint density at radius 1 is 1.00 bits per heavy atom. The predicted molar refractivity (Wildman–Crippen MR) is 114 cm³/mol. The van der Waals surface area contributed by atoms with E-state index in [1.165, 1.54) is 43.4 Å². The van der Waals surface area contributed by atoms with E-state index < -0.39 is 0 Å². The van der Waals surface area contributed by atoms with E-state index in [0.717, 1.165) is 51.4 Å². The largest absolute Gasteiger partial charge is 0.446 e. The normalized spacial score (nSPS) is 18.0. The van der Waals surface area contributed by atoms with Gasteiger partial charge in [-0.1, -0.05) is 38.5 Å². The zero-order chi connectivity index (χ0) is 21.6. The van der Waals surface area contributed by atoms with Gasteiger partial charge in [0, 0.05) is 17.6 Å². The number of halogens is 1. The summed E-state index contributed by atoms with van der Waals surface area (Å²) in [5, 5.41) is 3.04. The monoisotopic (exact) mass is 427 g/mol. The smallest absolute Gasteiger partial charge is 0.273 e. The van der Waals surface area contributed by atoms with Crippen LogP contribution in [-0.2, 0) is 6.54 Å². The maximum absolute atomic E-state index is 13.3. The van der Waals surface area contributed by atoms with Crippen molar-refractivity contribution in [3.63, 3.8) is 0 Å². The van der Waals surface area contributed by atoms with Gasteiger partial charge < -0.3 is 14.6 Å². The van der Waals surface area contributed by atoms with E-state index in [-0.39, 0.29) is 42.0 Å². The maximum atomic E-state index is 13.3. The van der Waals surface area contributed by atoms with Crippen molar-refractivity contribution in [3.05, 3.63) is 53.5 Å². The minimum Gasteiger partial charge on any atom is -0.446 e. The molecule has 4 rings (SSSR count). The third-order valence-electron chi connectivity index (χ3n) is 6.40. The summed E-state index contributed by atoms with van der Waals surface area (Å²) < 4.78 is 18.9. The van der Waals surface area contributed by atoms with Gasteiger partial charge in [0.05, 0.1) is 6.54 Å². The molecule has 0 radical (unpaired) electrons. The van der Waals surface area contributed by atoms with Crippen LogP contribution in [0, 0.1) is 5.82 Å². The number of carbonyl (C=O) groups excluding carboxylic acids is 2. The fourth-order valence-electron chi connectivity index (χ4n) is 4.66. The van der Waals surface area contributed by atoms with Crippen LogP contribution in [0.15, 0.2) is 34.9 Å². The first-order valence-electron chi connectivity index (χ1n) is 11.4. The number of oxazole rings is 1. The van der Waals surface area contributed by atoms with Crippen molar-refractivity contribution < 1.29 is 18.4 Å². The molecule has 0 spiro atoms. The summed E-state index contributed by atoms with van der Waals surface area (Å²) >= 11 is 0. The van der Waals surface area contributed by atoms with Gasteiger partial charge in [0.25, 0.3) is 11.8 Å². The van der Waals surface area contributed by atoms with Crippen molar-refractivity contribution >= 4 is 11.8 Å². The summed E-state index contributed by atoms with van der Waals surface area (Å²) in [6.07, 6.45) is 12.0. The van der Waals surface area contributed by atoms with Gasteiger partial charge in [-0.25, -0.2) is 9.37 Å². The Bertz CT molecular complexity index is 884. The number of benzene rings is 1. The number of rotatable bonds is 6. The first kappa shape index (κ1) is 21.5. The first-order valence-corrected chi connectivity index (χ1v) is 11.4. The van der Waals surface area contributed by atoms with Gasteiger partial charge in [0.15, 0.2) is 5.69 Å². The summed E-state index contributed by atoms with van der Waals surface area (Å²) in [5.41, 5.74) is 0.687. The van der Waals surface area contributed by atoms with Gasteiger partial charge in [-0.3, -0.25) is 9.59 Å². The molecule has 0 atom stereocenters. The van der Waals surface area contributed by atoms with Gasteiger partial charge in [0.2, 0.25) is 5.89 Å². The lowest BCUT2D eigenvalue weighted by atomic mass is 9.93. The van der Waals surface area contributed by atoms with Crippen LogP contribution >= 0.6 is 0 Å². The molecule has 2 fully saturated rings. The molecule has 0 bridgehead atoms. The van der Waals surface area contributed by atoms with Gasteiger partial charge >= 0.3 is 0 Å². The Morgan fingerprint density at radius 3 is 2.32 bits per heavy atom. The minimum absolute atomic E-state index is 0.0812. The third-order valence-corrected chi connectivity index (χ3v) is 6.40. The number of nitrogens with one attached hydrogen (secondary N) is 1. The number of nitrogens with zero attached hydrogens (tertiary/aromatic N) is 2. The summed E-state index contributed by atoms with van der Waals surface area (Å²) in [4.78, 5) is 31.9. The highest BCUT2D eigenvalue weighted by molar-refractivity contribution is 5.94. The van der Waals surface area contributed by atoms with Crippen molar-refractivity contribution in [3.8, 4) is 0 Å². The molecule has 2 aliphatic rings. The van der Waals surface area contributed by atoms with Crippen LogP contribution < -0.4 is 5.32 Å². The average molecular weight is 428 g/mol. The lowest BCUT2D eigenvalue weighted by molar-refractivity contribution is 0.0591. The van der Waals surface area contributed by atoms with Crippen LogP contribution in [0.5, 0.6) is 0 Å². The Morgan fingerprint density at radius 2 is 1.65 bits per heavy atom. The molecule has 0 aliphatic heterocycles. The van der Waals surface area contributed by atoms with E-state index in [9.17, 15) is 14.0 Å². The van der Waals surface area contributed by atoms with Crippen molar-refractivity contribution in [1.29, 1.82) is 0 Å². The molecule has 31 heavy (non-hydrogen) atoms. The van der Waals surface area contributed by atoms with Crippen molar-refractivity contribution in [2.75, 3.05) is 0 Å². The van der Waals surface area contributed by atoms with Gasteiger partial charge in [-0.05, 0) is 49.9 Å². The lowest BCUT2D eigenvalue weighted by Crippen LogP contribution is -2.41. The molecule has 0 unspecified atom stereocenters. The van der Waals surface area contributed by atoms with Crippen LogP contribution in [0.2, 0.25) is 0 Å². The van der Waals surface area contributed by atoms with Gasteiger partial charge in [-0.2, -0.15) is 0 Å². The molecular weight excluding hydrogens is 397 g/mol. The first-order chi connectivity index (χ1) is 15.1. The molecule has 6 nitrogen and oxygen atoms in total. The molecule has 2 saturated carbocycles. The second-order valence-electron chi connectivity index (χ2n) is 8.67. The molecule has 166 valence electrons. The quantitative estimate of drug-likeness (QED) is 0.715. The highest BCUT2D eigenvalue weighted by Gasteiger charge is 2.28. The average Bonchev–Trinajstić information content (AvgIpc) is 3.28. The van der Waals surface area contributed by atoms with Crippen molar-refractivity contribution in [2.45, 2.75) is 82.8 Å². The maximum Gasteiger partial charge on any atom is 0.273 e. The van der Waals surface area contributed by atoms with Crippen LogP contribution in [0.25, 0.3) is 0 Å². The Labute approximate surface area is 182 Å². The van der Waals surface area contributed by atoms with Crippen molar-refractivity contribution in [2.24, 2.45) is 0 Å². The zero-order valence-electron chi connectivity index (χ0n) is 17.8. The van der Waals surface area contributed by atoms with Crippen LogP contribution in [0.1, 0.15) is 90.9 Å². The lowest BCUT2D eigenvalue weighted by Gasteiger charge is -2.33. The third kappa shape index (κ3) is 5.51. The zero-order valence-corrected chi connectivity index (χ0v) is 17.8. The number of hydrogen-bond acceptors (Lipinski definition) is 4. The van der Waals surface area contributed by atoms with E-state index in [2.05, 4.69) is 10.3 Å². The van der Waals surface area contributed by atoms with E-state index in [1.807, 2.05) is 0 Å². The number of hydrogen-bond donors (Lipinski definition) is 1. The number of carbonyl (C=O) groups is 2. The summed E-state index contributed by atoms with van der Waals surface area (Å²) in [6, 6.07) is 5.88. The summed E-state index contributed by atoms with van der Waals surface area (Å²) in [5.74, 6) is -0.425. The highest BCUT2D eigenvalue weighted by Crippen LogP contribution is 2.26.